The number of ketones is 1. The molecule has 1 aliphatic carbocycles. The fourth-order valence-corrected chi connectivity index (χ4v) is 3.28. The Balaban J connectivity index is 1.81. The van der Waals surface area contributed by atoms with Crippen molar-refractivity contribution >= 4 is 12.0 Å². The van der Waals surface area contributed by atoms with Gasteiger partial charge in [0.2, 0.25) is 0 Å². The Morgan fingerprint density at radius 2 is 1.83 bits per heavy atom. The molecule has 29 heavy (non-hydrogen) atoms. The second kappa shape index (κ2) is 9.69. The molecule has 0 unspecified atom stereocenters. The molecule has 0 fully saturated rings. The number of hydrogen-bond acceptors (Lipinski definition) is 4. The van der Waals surface area contributed by atoms with Crippen LogP contribution in [-0.4, -0.2) is 26.2 Å². The number of rotatable bonds is 7. The van der Waals surface area contributed by atoms with Gasteiger partial charge >= 0.3 is 0 Å². The molecule has 0 N–H and O–H groups in total. The topological polar surface area (TPSA) is 47.9 Å². The van der Waals surface area contributed by atoms with E-state index >= 15 is 0 Å². The molecule has 4 nitrogen and oxygen atoms in total. The molecular weight excluding hydrogens is 362 g/mol. The van der Waals surface area contributed by atoms with Gasteiger partial charge in [0.05, 0.1) is 20.8 Å². The van der Waals surface area contributed by atoms with E-state index in [0.717, 1.165) is 22.3 Å². The summed E-state index contributed by atoms with van der Waals surface area (Å²) in [6, 6.07) is 13.7. The molecule has 2 aromatic rings. The van der Waals surface area contributed by atoms with Crippen molar-refractivity contribution in [3.05, 3.63) is 94.6 Å². The summed E-state index contributed by atoms with van der Waals surface area (Å²) < 4.78 is 10.7. The van der Waals surface area contributed by atoms with Crippen molar-refractivity contribution in [3.63, 3.8) is 0 Å². The first-order valence-corrected chi connectivity index (χ1v) is 9.53. The van der Waals surface area contributed by atoms with Crippen molar-refractivity contribution in [1.29, 1.82) is 0 Å². The maximum absolute atomic E-state index is 12.9. The summed E-state index contributed by atoms with van der Waals surface area (Å²) in [6.45, 7) is 2.58. The van der Waals surface area contributed by atoms with E-state index in [-0.39, 0.29) is 5.78 Å². The van der Waals surface area contributed by atoms with Crippen LogP contribution < -0.4 is 9.47 Å². The van der Waals surface area contributed by atoms with Gasteiger partial charge in [-0.3, -0.25) is 9.79 Å². The van der Waals surface area contributed by atoms with Crippen molar-refractivity contribution in [2.45, 2.75) is 19.9 Å². The predicted octanol–water partition coefficient (Wildman–Crippen LogP) is 5.14. The Morgan fingerprint density at radius 1 is 1.10 bits per heavy atom. The van der Waals surface area contributed by atoms with Crippen molar-refractivity contribution in [2.24, 2.45) is 4.99 Å². The first-order chi connectivity index (χ1) is 14.2. The van der Waals surface area contributed by atoms with Crippen LogP contribution in [0.5, 0.6) is 11.5 Å². The van der Waals surface area contributed by atoms with Gasteiger partial charge in [-0.1, -0.05) is 42.5 Å². The van der Waals surface area contributed by atoms with Crippen LogP contribution in [0.1, 0.15) is 28.4 Å². The lowest BCUT2D eigenvalue weighted by Crippen LogP contribution is -1.98. The molecule has 0 radical (unpaired) electrons. The molecule has 0 saturated heterocycles. The maximum atomic E-state index is 12.9. The Labute approximate surface area is 171 Å². The number of Topliss-reactive ketones (excluding diaryl/α,β-unsaturated/α-hetero) is 1. The Kier molecular flexibility index (Phi) is 6.80. The van der Waals surface area contributed by atoms with E-state index in [1.165, 1.54) is 0 Å². The van der Waals surface area contributed by atoms with Crippen LogP contribution in [0.3, 0.4) is 0 Å². The van der Waals surface area contributed by atoms with Gasteiger partial charge in [-0.15, -0.1) is 0 Å². The number of methoxy groups -OCH3 is 2. The summed E-state index contributed by atoms with van der Waals surface area (Å²) in [5, 5.41) is 0. The van der Waals surface area contributed by atoms with Crippen molar-refractivity contribution in [2.75, 3.05) is 14.2 Å². The standard InChI is InChI=1S/C25H25NO3/c1-4-8-18(11-12-26-17-19-9-6-5-7-10-19)13-21-14-20-15-23(28-2)24(29-3)16-22(20)25(21)27/h4-13,15-16H,14,17H2,1-3H3/b8-4-,18-11+,21-13+,26-12?. The van der Waals surface area contributed by atoms with Gasteiger partial charge in [0.15, 0.2) is 17.3 Å². The average molecular weight is 387 g/mol. The number of aliphatic imine (C=N–C) groups is 1. The van der Waals surface area contributed by atoms with Crippen LogP contribution in [-0.2, 0) is 13.0 Å². The van der Waals surface area contributed by atoms with Crippen LogP contribution in [0, 0.1) is 0 Å². The molecule has 0 spiro atoms. The zero-order valence-corrected chi connectivity index (χ0v) is 17.0. The monoisotopic (exact) mass is 387 g/mol. The minimum absolute atomic E-state index is 0.0255. The molecule has 0 amide bonds. The summed E-state index contributed by atoms with van der Waals surface area (Å²) in [5.74, 6) is 1.23. The average Bonchev–Trinajstić information content (AvgIpc) is 3.05. The minimum atomic E-state index is 0.0255. The molecule has 3 rings (SSSR count). The van der Waals surface area contributed by atoms with Gasteiger partial charge in [-0.2, -0.15) is 0 Å². The molecule has 1 aliphatic rings. The fourth-order valence-electron chi connectivity index (χ4n) is 3.28. The molecule has 148 valence electrons. The van der Waals surface area contributed by atoms with Crippen molar-refractivity contribution in [1.82, 2.24) is 0 Å². The number of nitrogens with zero attached hydrogens (tertiary/aromatic N) is 1. The molecule has 0 bridgehead atoms. The highest BCUT2D eigenvalue weighted by atomic mass is 16.5. The first kappa shape index (κ1) is 20.3. The predicted molar refractivity (Wildman–Crippen MR) is 117 cm³/mol. The number of carbonyl (C=O) groups is 1. The van der Waals surface area contributed by atoms with Crippen LogP contribution >= 0.6 is 0 Å². The maximum Gasteiger partial charge on any atom is 0.189 e. The Morgan fingerprint density at radius 3 is 2.52 bits per heavy atom. The molecule has 0 aromatic heterocycles. The lowest BCUT2D eigenvalue weighted by Gasteiger charge is -2.08. The SMILES string of the molecule is C\C=C/C(=C\C=NCc1ccccc1)/C=C1\Cc2cc(OC)c(OC)cc2C1=O. The molecular formula is C25H25NO3. The first-order valence-electron chi connectivity index (χ1n) is 9.53. The zero-order chi connectivity index (χ0) is 20.6. The number of benzene rings is 2. The summed E-state index contributed by atoms with van der Waals surface area (Å²) in [6.07, 6.45) is 10.1. The minimum Gasteiger partial charge on any atom is -0.493 e. The van der Waals surface area contributed by atoms with Crippen molar-refractivity contribution < 1.29 is 14.3 Å². The van der Waals surface area contributed by atoms with Gasteiger partial charge in [-0.25, -0.2) is 0 Å². The van der Waals surface area contributed by atoms with Gasteiger partial charge in [0.25, 0.3) is 0 Å². The van der Waals surface area contributed by atoms with Gasteiger partial charge in [-0.05, 0) is 47.9 Å². The second-order valence-corrected chi connectivity index (χ2v) is 6.68. The van der Waals surface area contributed by atoms with Crippen LogP contribution in [0.4, 0.5) is 0 Å². The summed E-state index contributed by atoms with van der Waals surface area (Å²) in [4.78, 5) is 17.3. The normalized spacial score (nSPS) is 15.5. The molecule has 0 atom stereocenters. The van der Waals surface area contributed by atoms with Gasteiger partial charge in [0, 0.05) is 23.8 Å². The van der Waals surface area contributed by atoms with Crippen LogP contribution in [0.2, 0.25) is 0 Å². The lowest BCUT2D eigenvalue weighted by molar-refractivity contribution is 0.103. The number of allylic oxidation sites excluding steroid dienone is 6. The Bertz CT molecular complexity index is 998. The van der Waals surface area contributed by atoms with E-state index in [1.807, 2.05) is 67.6 Å². The van der Waals surface area contributed by atoms with Crippen molar-refractivity contribution in [3.8, 4) is 11.5 Å². The van der Waals surface area contributed by atoms with E-state index in [1.54, 1.807) is 26.5 Å². The third-order valence-corrected chi connectivity index (χ3v) is 4.72. The highest BCUT2D eigenvalue weighted by Crippen LogP contribution is 2.36. The number of fused-ring (bicyclic) bond motifs is 1. The molecule has 0 saturated carbocycles. The van der Waals surface area contributed by atoms with Gasteiger partial charge < -0.3 is 9.47 Å². The molecule has 0 heterocycles. The highest BCUT2D eigenvalue weighted by molar-refractivity contribution is 6.13. The summed E-state index contributed by atoms with van der Waals surface area (Å²) in [7, 11) is 3.17. The fraction of sp³-hybridized carbons (Fsp3) is 0.200. The molecule has 4 heteroatoms. The highest BCUT2D eigenvalue weighted by Gasteiger charge is 2.27. The number of hydrogen-bond donors (Lipinski definition) is 0. The summed E-state index contributed by atoms with van der Waals surface area (Å²) >= 11 is 0. The second-order valence-electron chi connectivity index (χ2n) is 6.68. The van der Waals surface area contributed by atoms with Crippen LogP contribution in [0.15, 0.2) is 82.9 Å². The van der Waals surface area contributed by atoms with E-state index in [2.05, 4.69) is 4.99 Å². The third kappa shape index (κ3) is 4.91. The summed E-state index contributed by atoms with van der Waals surface area (Å²) in [5.41, 5.74) is 4.46. The largest absolute Gasteiger partial charge is 0.493 e. The van der Waals surface area contributed by atoms with E-state index < -0.39 is 0 Å². The lowest BCUT2D eigenvalue weighted by atomic mass is 10.1. The molecule has 2 aromatic carbocycles. The van der Waals surface area contributed by atoms with Crippen LogP contribution in [0.25, 0.3) is 0 Å². The van der Waals surface area contributed by atoms with E-state index in [0.29, 0.717) is 30.0 Å². The van der Waals surface area contributed by atoms with E-state index in [4.69, 9.17) is 9.47 Å². The quantitative estimate of drug-likeness (QED) is 0.375. The van der Waals surface area contributed by atoms with E-state index in [9.17, 15) is 4.79 Å². The smallest absolute Gasteiger partial charge is 0.189 e. The Hall–Kier alpha value is -3.40. The van der Waals surface area contributed by atoms with Gasteiger partial charge in [0.1, 0.15) is 0 Å². The zero-order valence-electron chi connectivity index (χ0n) is 17.0. The number of carbonyl (C=O) groups excluding carboxylic acids is 1. The number of ether oxygens (including phenoxy) is 2. The molecule has 0 aliphatic heterocycles. The third-order valence-electron chi connectivity index (χ3n) is 4.72.